The Hall–Kier alpha value is -2.49. The van der Waals surface area contributed by atoms with Gasteiger partial charge in [0, 0.05) is 0 Å². The molecule has 4 nitrogen and oxygen atoms in total. The third kappa shape index (κ3) is 5.87. The van der Waals surface area contributed by atoms with E-state index in [2.05, 4.69) is 5.32 Å². The number of amides is 1. The molecule has 0 heterocycles. The Morgan fingerprint density at radius 3 is 2.45 bits per heavy atom. The third-order valence-electron chi connectivity index (χ3n) is 3.02. The van der Waals surface area contributed by atoms with Crippen LogP contribution in [-0.4, -0.2) is 25.7 Å². The zero-order valence-electron chi connectivity index (χ0n) is 12.7. The van der Waals surface area contributed by atoms with Crippen molar-refractivity contribution in [1.82, 2.24) is 5.32 Å². The van der Waals surface area contributed by atoms with Gasteiger partial charge in [-0.25, -0.2) is 0 Å². The highest BCUT2D eigenvalue weighted by molar-refractivity contribution is 5.75. The van der Waals surface area contributed by atoms with Crippen LogP contribution in [0.15, 0.2) is 54.6 Å². The highest BCUT2D eigenvalue weighted by atomic mass is 16.5. The first-order valence-corrected chi connectivity index (χ1v) is 7.38. The highest BCUT2D eigenvalue weighted by Gasteiger charge is 2.01. The number of rotatable bonds is 8. The highest BCUT2D eigenvalue weighted by Crippen LogP contribution is 2.11. The summed E-state index contributed by atoms with van der Waals surface area (Å²) in [6.45, 7) is 3.32. The summed E-state index contributed by atoms with van der Waals surface area (Å²) in [4.78, 5) is 11.7. The topological polar surface area (TPSA) is 47.6 Å². The van der Waals surface area contributed by atoms with Crippen molar-refractivity contribution in [3.8, 4) is 11.5 Å². The predicted octanol–water partition coefficient (Wildman–Crippen LogP) is 2.96. The Morgan fingerprint density at radius 2 is 1.68 bits per heavy atom. The van der Waals surface area contributed by atoms with Crippen molar-refractivity contribution in [2.75, 3.05) is 19.8 Å². The van der Waals surface area contributed by atoms with Gasteiger partial charge in [0.2, 0.25) is 5.91 Å². The van der Waals surface area contributed by atoms with Crippen LogP contribution < -0.4 is 14.8 Å². The van der Waals surface area contributed by atoms with Crippen molar-refractivity contribution < 1.29 is 14.3 Å². The molecule has 2 rings (SSSR count). The Balaban J connectivity index is 1.56. The molecule has 0 saturated heterocycles. The number of carbonyl (C=O) groups is 1. The minimum absolute atomic E-state index is 0.0382. The fourth-order valence-corrected chi connectivity index (χ4v) is 1.93. The van der Waals surface area contributed by atoms with Crippen LogP contribution in [0, 0.1) is 6.92 Å². The lowest BCUT2D eigenvalue weighted by Crippen LogP contribution is -2.29. The molecule has 4 heteroatoms. The summed E-state index contributed by atoms with van der Waals surface area (Å²) in [7, 11) is 0. The first-order chi connectivity index (χ1) is 10.7. The van der Waals surface area contributed by atoms with E-state index in [9.17, 15) is 4.79 Å². The van der Waals surface area contributed by atoms with Crippen molar-refractivity contribution >= 4 is 5.91 Å². The first-order valence-electron chi connectivity index (χ1n) is 7.38. The summed E-state index contributed by atoms with van der Waals surface area (Å²) in [5.74, 6) is 1.56. The van der Waals surface area contributed by atoms with Crippen molar-refractivity contribution in [2.24, 2.45) is 0 Å². The van der Waals surface area contributed by atoms with Crippen LogP contribution in [0.5, 0.6) is 11.5 Å². The number of para-hydroxylation sites is 1. The molecule has 0 aliphatic rings. The van der Waals surface area contributed by atoms with E-state index >= 15 is 0 Å². The van der Waals surface area contributed by atoms with E-state index in [1.54, 1.807) is 0 Å². The monoisotopic (exact) mass is 299 g/mol. The minimum atomic E-state index is -0.0382. The van der Waals surface area contributed by atoms with E-state index in [0.717, 1.165) is 17.1 Å². The summed E-state index contributed by atoms with van der Waals surface area (Å²) < 4.78 is 11.0. The lowest BCUT2D eigenvalue weighted by molar-refractivity contribution is -0.121. The molecule has 1 N–H and O–H groups in total. The summed E-state index contributed by atoms with van der Waals surface area (Å²) in [6.07, 6.45) is 0.333. The second-order valence-corrected chi connectivity index (χ2v) is 4.93. The Bertz CT molecular complexity index is 584. The largest absolute Gasteiger partial charge is 0.493 e. The molecule has 0 unspecified atom stereocenters. The molecule has 0 atom stereocenters. The van der Waals surface area contributed by atoms with E-state index in [1.807, 2.05) is 61.5 Å². The fraction of sp³-hybridized carbons (Fsp3) is 0.278. The van der Waals surface area contributed by atoms with E-state index in [4.69, 9.17) is 9.47 Å². The normalized spacial score (nSPS) is 10.0. The first kappa shape index (κ1) is 15.9. The average Bonchev–Trinajstić information content (AvgIpc) is 2.53. The summed E-state index contributed by atoms with van der Waals surface area (Å²) in [6, 6.07) is 17.3. The van der Waals surface area contributed by atoms with E-state index in [0.29, 0.717) is 26.2 Å². The molecule has 2 aromatic carbocycles. The van der Waals surface area contributed by atoms with Crippen LogP contribution in [0.25, 0.3) is 0 Å². The van der Waals surface area contributed by atoms with Gasteiger partial charge in [-0.15, -0.1) is 0 Å². The van der Waals surface area contributed by atoms with Gasteiger partial charge in [0.25, 0.3) is 0 Å². The number of carbonyl (C=O) groups excluding carboxylic acids is 1. The molecule has 0 aliphatic heterocycles. The molecule has 2 aromatic rings. The molecular weight excluding hydrogens is 278 g/mol. The van der Waals surface area contributed by atoms with Crippen LogP contribution in [-0.2, 0) is 4.79 Å². The van der Waals surface area contributed by atoms with Crippen LogP contribution in [0.3, 0.4) is 0 Å². The van der Waals surface area contributed by atoms with Gasteiger partial charge in [0.15, 0.2) is 0 Å². The summed E-state index contributed by atoms with van der Waals surface area (Å²) >= 11 is 0. The Kier molecular flexibility index (Phi) is 6.30. The van der Waals surface area contributed by atoms with Gasteiger partial charge in [0.05, 0.1) is 19.6 Å². The molecule has 116 valence electrons. The van der Waals surface area contributed by atoms with Crippen LogP contribution in [0.4, 0.5) is 0 Å². The Labute approximate surface area is 131 Å². The molecule has 0 radical (unpaired) electrons. The molecule has 0 bridgehead atoms. The van der Waals surface area contributed by atoms with Gasteiger partial charge in [0.1, 0.15) is 18.1 Å². The third-order valence-corrected chi connectivity index (χ3v) is 3.02. The van der Waals surface area contributed by atoms with Crippen LogP contribution in [0.1, 0.15) is 12.0 Å². The zero-order valence-corrected chi connectivity index (χ0v) is 12.7. The van der Waals surface area contributed by atoms with E-state index in [1.165, 1.54) is 0 Å². The maximum atomic E-state index is 11.7. The molecule has 0 aliphatic carbocycles. The predicted molar refractivity (Wildman–Crippen MR) is 86.2 cm³/mol. The molecule has 1 amide bonds. The number of ether oxygens (including phenoxy) is 2. The molecule has 0 spiro atoms. The van der Waals surface area contributed by atoms with Crippen LogP contribution >= 0.6 is 0 Å². The number of hydrogen-bond acceptors (Lipinski definition) is 3. The smallest absolute Gasteiger partial charge is 0.223 e. The average molecular weight is 299 g/mol. The zero-order chi connectivity index (χ0) is 15.6. The quantitative estimate of drug-likeness (QED) is 0.762. The molecular formula is C18H21NO3. The van der Waals surface area contributed by atoms with Crippen molar-refractivity contribution in [2.45, 2.75) is 13.3 Å². The van der Waals surface area contributed by atoms with E-state index in [-0.39, 0.29) is 5.91 Å². The van der Waals surface area contributed by atoms with E-state index < -0.39 is 0 Å². The van der Waals surface area contributed by atoms with Crippen LogP contribution in [0.2, 0.25) is 0 Å². The number of hydrogen-bond donors (Lipinski definition) is 1. The SMILES string of the molecule is Cc1cccc(OCCNC(=O)CCOc2ccccc2)c1. The fourth-order valence-electron chi connectivity index (χ4n) is 1.93. The van der Waals surface area contributed by atoms with Gasteiger partial charge in [-0.2, -0.15) is 0 Å². The number of aryl methyl sites for hydroxylation is 1. The molecule has 0 fully saturated rings. The van der Waals surface area contributed by atoms with Gasteiger partial charge >= 0.3 is 0 Å². The van der Waals surface area contributed by atoms with Crippen molar-refractivity contribution in [3.63, 3.8) is 0 Å². The maximum Gasteiger partial charge on any atom is 0.223 e. The lowest BCUT2D eigenvalue weighted by Gasteiger charge is -2.09. The van der Waals surface area contributed by atoms with Gasteiger partial charge in [-0.1, -0.05) is 30.3 Å². The Morgan fingerprint density at radius 1 is 0.955 bits per heavy atom. The second-order valence-electron chi connectivity index (χ2n) is 4.93. The van der Waals surface area contributed by atoms with Gasteiger partial charge in [-0.05, 0) is 36.8 Å². The van der Waals surface area contributed by atoms with Gasteiger partial charge in [-0.3, -0.25) is 4.79 Å². The second kappa shape index (κ2) is 8.72. The summed E-state index contributed by atoms with van der Waals surface area (Å²) in [5, 5.41) is 2.81. The maximum absolute atomic E-state index is 11.7. The number of nitrogens with one attached hydrogen (secondary N) is 1. The molecule has 0 saturated carbocycles. The number of benzene rings is 2. The minimum Gasteiger partial charge on any atom is -0.493 e. The van der Waals surface area contributed by atoms with Crippen molar-refractivity contribution in [3.05, 3.63) is 60.2 Å². The van der Waals surface area contributed by atoms with Gasteiger partial charge < -0.3 is 14.8 Å². The standard InChI is InChI=1S/C18H21NO3/c1-15-6-5-9-17(14-15)22-13-11-19-18(20)10-12-21-16-7-3-2-4-8-16/h2-9,14H,10-13H2,1H3,(H,19,20). The van der Waals surface area contributed by atoms with Crippen molar-refractivity contribution in [1.29, 1.82) is 0 Å². The molecule has 22 heavy (non-hydrogen) atoms. The lowest BCUT2D eigenvalue weighted by atomic mass is 10.2. The summed E-state index contributed by atoms with van der Waals surface area (Å²) in [5.41, 5.74) is 1.15. The molecule has 0 aromatic heterocycles.